The lowest BCUT2D eigenvalue weighted by atomic mass is 10.1. The van der Waals surface area contributed by atoms with Crippen molar-refractivity contribution in [2.75, 3.05) is 6.54 Å². The smallest absolute Gasteiger partial charge is 0.339 e. The van der Waals surface area contributed by atoms with Gasteiger partial charge in [0.25, 0.3) is 0 Å². The third-order valence-corrected chi connectivity index (χ3v) is 6.54. The van der Waals surface area contributed by atoms with E-state index in [4.69, 9.17) is 8.60 Å². The Hall–Kier alpha value is -3.18. The molecule has 11 heteroatoms. The van der Waals surface area contributed by atoms with Gasteiger partial charge in [-0.05, 0) is 42.0 Å². The van der Waals surface area contributed by atoms with Crippen LogP contribution in [0.3, 0.4) is 0 Å². The molecule has 0 fully saturated rings. The Balaban J connectivity index is 1.59. The van der Waals surface area contributed by atoms with E-state index in [1.165, 1.54) is 30.0 Å². The number of thioether (sulfide) groups is 1. The number of amidine groups is 1. The average Bonchev–Trinajstić information content (AvgIpc) is 2.72. The van der Waals surface area contributed by atoms with Gasteiger partial charge in [-0.25, -0.2) is 9.18 Å². The van der Waals surface area contributed by atoms with Crippen LogP contribution in [0, 0.1) is 5.82 Å². The summed E-state index contributed by atoms with van der Waals surface area (Å²) in [5.41, 5.74) is 0.160. The fourth-order valence-electron chi connectivity index (χ4n) is 2.87. The Kier molecular flexibility index (Phi) is 5.79. The second-order valence-corrected chi connectivity index (χ2v) is 9.02. The zero-order chi connectivity index (χ0) is 22.0. The highest BCUT2D eigenvalue weighted by Crippen LogP contribution is 2.27. The molecule has 8 nitrogen and oxygen atoms in total. The van der Waals surface area contributed by atoms with Gasteiger partial charge in [-0.15, -0.1) is 0 Å². The van der Waals surface area contributed by atoms with E-state index in [9.17, 15) is 22.4 Å². The summed E-state index contributed by atoms with van der Waals surface area (Å²) in [5, 5.41) is 3.73. The van der Waals surface area contributed by atoms with Crippen molar-refractivity contribution in [3.8, 4) is 5.75 Å². The summed E-state index contributed by atoms with van der Waals surface area (Å²) in [6, 6.07) is 9.84. The van der Waals surface area contributed by atoms with Gasteiger partial charge in [-0.1, -0.05) is 11.8 Å². The molecule has 0 saturated heterocycles. The van der Waals surface area contributed by atoms with E-state index >= 15 is 0 Å². The number of carbonyl (C=O) groups excluding carboxylic acids is 1. The maximum atomic E-state index is 13.0. The third kappa shape index (κ3) is 4.94. The highest BCUT2D eigenvalue weighted by Gasteiger charge is 2.18. The number of nitrogens with zero attached hydrogens (tertiary/aromatic N) is 1. The number of halogens is 1. The van der Waals surface area contributed by atoms with Gasteiger partial charge in [0.15, 0.2) is 5.17 Å². The first-order valence-electron chi connectivity index (χ1n) is 9.04. The van der Waals surface area contributed by atoms with Crippen molar-refractivity contribution in [3.05, 3.63) is 70.3 Å². The molecular formula is C20H15FN2O6S2. The maximum Gasteiger partial charge on any atom is 0.339 e. The molecule has 4 rings (SSSR count). The predicted molar refractivity (Wildman–Crippen MR) is 113 cm³/mol. The number of aliphatic imine (C=N–C) groups is 1. The summed E-state index contributed by atoms with van der Waals surface area (Å²) in [6.07, 6.45) is 0.339. The summed E-state index contributed by atoms with van der Waals surface area (Å²) < 4.78 is 48.1. The first kappa shape index (κ1) is 21.1. The monoisotopic (exact) mass is 462 g/mol. The van der Waals surface area contributed by atoms with Crippen molar-refractivity contribution in [2.45, 2.75) is 17.1 Å². The number of rotatable bonds is 5. The third-order valence-electron chi connectivity index (χ3n) is 4.31. The standard InChI is InChI=1S/C20H15FN2O6S2/c21-13-1-4-15(5-2-13)31(26,27)29-14-3-6-16-12(9-19(25)28-17(16)10-14)11-30-20-22-8-7-18(24)23-20/h1-6,9-10H,7-8,11H2,(H,22,23,24). The van der Waals surface area contributed by atoms with Crippen LogP contribution in [0.25, 0.3) is 11.0 Å². The summed E-state index contributed by atoms with van der Waals surface area (Å²) in [4.78, 5) is 27.5. The van der Waals surface area contributed by atoms with Crippen molar-refractivity contribution in [3.63, 3.8) is 0 Å². The Bertz CT molecular complexity index is 1350. The van der Waals surface area contributed by atoms with Gasteiger partial charge in [0, 0.05) is 29.7 Å². The zero-order valence-corrected chi connectivity index (χ0v) is 17.5. The quantitative estimate of drug-likeness (QED) is 0.458. The van der Waals surface area contributed by atoms with Crippen LogP contribution in [0.15, 0.2) is 67.6 Å². The van der Waals surface area contributed by atoms with Crippen molar-refractivity contribution < 1.29 is 26.2 Å². The molecule has 1 aliphatic rings. The zero-order valence-electron chi connectivity index (χ0n) is 15.8. The van der Waals surface area contributed by atoms with Crippen LogP contribution in [0.1, 0.15) is 12.0 Å². The molecule has 2 aromatic carbocycles. The van der Waals surface area contributed by atoms with E-state index in [1.54, 1.807) is 6.07 Å². The Labute approximate surface area is 180 Å². The van der Waals surface area contributed by atoms with Crippen LogP contribution in [0.2, 0.25) is 0 Å². The minimum absolute atomic E-state index is 0.0614. The van der Waals surface area contributed by atoms with E-state index in [1.807, 2.05) is 0 Å². The van der Waals surface area contributed by atoms with E-state index in [0.717, 1.165) is 24.3 Å². The second-order valence-electron chi connectivity index (χ2n) is 6.51. The SMILES string of the molecule is O=C1CCN=C(SCc2cc(=O)oc3cc(OS(=O)(=O)c4ccc(F)cc4)ccc23)N1. The van der Waals surface area contributed by atoms with Crippen LogP contribution in [0.4, 0.5) is 4.39 Å². The summed E-state index contributed by atoms with van der Waals surface area (Å²) in [7, 11) is -4.20. The molecule has 1 aromatic heterocycles. The lowest BCUT2D eigenvalue weighted by molar-refractivity contribution is -0.119. The molecule has 0 unspecified atom stereocenters. The number of hydrogen-bond acceptors (Lipinski definition) is 8. The topological polar surface area (TPSA) is 115 Å². The predicted octanol–water partition coefficient (Wildman–Crippen LogP) is 2.81. The Morgan fingerprint density at radius 2 is 1.90 bits per heavy atom. The van der Waals surface area contributed by atoms with Crippen molar-refractivity contribution in [2.24, 2.45) is 4.99 Å². The van der Waals surface area contributed by atoms with Crippen molar-refractivity contribution >= 4 is 43.9 Å². The van der Waals surface area contributed by atoms with E-state index in [2.05, 4.69) is 10.3 Å². The number of carbonyl (C=O) groups is 1. The van der Waals surface area contributed by atoms with Gasteiger partial charge in [0.2, 0.25) is 5.91 Å². The highest BCUT2D eigenvalue weighted by atomic mass is 32.2. The molecule has 0 radical (unpaired) electrons. The molecule has 160 valence electrons. The summed E-state index contributed by atoms with van der Waals surface area (Å²) >= 11 is 1.27. The van der Waals surface area contributed by atoms with Crippen molar-refractivity contribution in [1.82, 2.24) is 5.32 Å². The molecule has 2 heterocycles. The molecule has 31 heavy (non-hydrogen) atoms. The largest absolute Gasteiger partial charge is 0.423 e. The van der Waals surface area contributed by atoms with Gasteiger partial charge < -0.3 is 13.9 Å². The second kappa shape index (κ2) is 8.52. The molecule has 0 bridgehead atoms. The maximum absolute atomic E-state index is 13.0. The van der Waals surface area contributed by atoms with E-state index in [-0.39, 0.29) is 22.1 Å². The fraction of sp³-hybridized carbons (Fsp3) is 0.150. The molecular weight excluding hydrogens is 447 g/mol. The summed E-state index contributed by atoms with van der Waals surface area (Å²) in [5.74, 6) is -0.404. The molecule has 1 aliphatic heterocycles. The molecule has 1 amide bonds. The van der Waals surface area contributed by atoms with Gasteiger partial charge in [0.05, 0.1) is 6.54 Å². The lowest BCUT2D eigenvalue weighted by Gasteiger charge is -2.13. The molecule has 0 atom stereocenters. The minimum Gasteiger partial charge on any atom is -0.423 e. The number of amides is 1. The van der Waals surface area contributed by atoms with Gasteiger partial charge in [0.1, 0.15) is 22.0 Å². The molecule has 0 saturated carbocycles. The molecule has 0 aliphatic carbocycles. The van der Waals surface area contributed by atoms with Crippen LogP contribution < -0.4 is 15.1 Å². The van der Waals surface area contributed by atoms with Crippen LogP contribution in [-0.4, -0.2) is 26.0 Å². The molecule has 3 aromatic rings. The average molecular weight is 462 g/mol. The lowest BCUT2D eigenvalue weighted by Crippen LogP contribution is -2.32. The van der Waals surface area contributed by atoms with Gasteiger partial charge in [-0.3, -0.25) is 9.79 Å². The van der Waals surface area contributed by atoms with Crippen LogP contribution in [0.5, 0.6) is 5.75 Å². The van der Waals surface area contributed by atoms with Gasteiger partial charge >= 0.3 is 15.7 Å². The molecule has 0 spiro atoms. The first-order valence-corrected chi connectivity index (χ1v) is 11.4. The fourth-order valence-corrected chi connectivity index (χ4v) is 4.69. The summed E-state index contributed by atoms with van der Waals surface area (Å²) in [6.45, 7) is 0.412. The Morgan fingerprint density at radius 3 is 2.65 bits per heavy atom. The van der Waals surface area contributed by atoms with E-state index in [0.29, 0.717) is 34.8 Å². The molecule has 1 N–H and O–H groups in total. The number of hydrogen-bond donors (Lipinski definition) is 1. The highest BCUT2D eigenvalue weighted by molar-refractivity contribution is 8.13. The van der Waals surface area contributed by atoms with Crippen LogP contribution >= 0.6 is 11.8 Å². The first-order chi connectivity index (χ1) is 14.8. The minimum atomic E-state index is -4.20. The Morgan fingerprint density at radius 1 is 1.13 bits per heavy atom. The van der Waals surface area contributed by atoms with Crippen LogP contribution in [-0.2, 0) is 20.7 Å². The normalized spacial score (nSPS) is 14.2. The number of fused-ring (bicyclic) bond motifs is 1. The number of benzene rings is 2. The number of nitrogens with one attached hydrogen (secondary N) is 1. The van der Waals surface area contributed by atoms with Crippen molar-refractivity contribution in [1.29, 1.82) is 0 Å². The van der Waals surface area contributed by atoms with Gasteiger partial charge in [-0.2, -0.15) is 8.42 Å². The van der Waals surface area contributed by atoms with E-state index < -0.39 is 21.6 Å².